The SMILES string of the molecule is CC(Cc1ccco1)Nc1nc2ccc(N)cc2[nH]1. The number of rotatable bonds is 4. The Balaban J connectivity index is 1.74. The van der Waals surface area contributed by atoms with Crippen molar-refractivity contribution in [3.63, 3.8) is 0 Å². The van der Waals surface area contributed by atoms with Crippen molar-refractivity contribution < 1.29 is 4.42 Å². The highest BCUT2D eigenvalue weighted by molar-refractivity contribution is 5.80. The fourth-order valence-electron chi connectivity index (χ4n) is 2.11. The molecule has 0 bridgehead atoms. The van der Waals surface area contributed by atoms with E-state index in [1.807, 2.05) is 30.3 Å². The summed E-state index contributed by atoms with van der Waals surface area (Å²) in [4.78, 5) is 7.68. The van der Waals surface area contributed by atoms with Crippen molar-refractivity contribution in [2.45, 2.75) is 19.4 Å². The number of H-pyrrole nitrogens is 1. The second kappa shape index (κ2) is 4.68. The van der Waals surface area contributed by atoms with Gasteiger partial charge in [0.2, 0.25) is 5.95 Å². The lowest BCUT2D eigenvalue weighted by atomic mass is 10.2. The van der Waals surface area contributed by atoms with Crippen LogP contribution in [0.3, 0.4) is 0 Å². The second-order valence-electron chi connectivity index (χ2n) is 4.69. The fraction of sp³-hybridized carbons (Fsp3) is 0.214. The molecule has 0 radical (unpaired) electrons. The summed E-state index contributed by atoms with van der Waals surface area (Å²) < 4.78 is 5.33. The van der Waals surface area contributed by atoms with Gasteiger partial charge >= 0.3 is 0 Å². The first kappa shape index (κ1) is 11.6. The first-order valence-corrected chi connectivity index (χ1v) is 6.25. The standard InChI is InChI=1S/C14H16N4O/c1-9(7-11-3-2-6-19-11)16-14-17-12-5-4-10(15)8-13(12)18-14/h2-6,8-9H,7,15H2,1H3,(H2,16,17,18). The summed E-state index contributed by atoms with van der Waals surface area (Å²) in [6, 6.07) is 9.72. The normalized spacial score (nSPS) is 12.7. The number of furan rings is 1. The molecule has 1 aromatic carbocycles. The zero-order valence-corrected chi connectivity index (χ0v) is 10.7. The summed E-state index contributed by atoms with van der Waals surface area (Å²) in [6.45, 7) is 2.09. The summed E-state index contributed by atoms with van der Waals surface area (Å²) in [7, 11) is 0. The average molecular weight is 256 g/mol. The van der Waals surface area contributed by atoms with Gasteiger partial charge < -0.3 is 20.5 Å². The quantitative estimate of drug-likeness (QED) is 0.627. The molecule has 0 amide bonds. The highest BCUT2D eigenvalue weighted by Crippen LogP contribution is 2.18. The molecule has 0 saturated heterocycles. The van der Waals surface area contributed by atoms with Crippen molar-refractivity contribution in [3.05, 3.63) is 42.4 Å². The minimum Gasteiger partial charge on any atom is -0.469 e. The predicted octanol–water partition coefficient (Wildman–Crippen LogP) is 2.78. The van der Waals surface area contributed by atoms with Gasteiger partial charge in [-0.2, -0.15) is 0 Å². The Morgan fingerprint density at radius 1 is 1.42 bits per heavy atom. The number of imidazole rings is 1. The second-order valence-corrected chi connectivity index (χ2v) is 4.69. The third-order valence-corrected chi connectivity index (χ3v) is 2.98. The van der Waals surface area contributed by atoms with Gasteiger partial charge in [0.1, 0.15) is 5.76 Å². The van der Waals surface area contributed by atoms with E-state index in [9.17, 15) is 0 Å². The number of benzene rings is 1. The molecule has 0 spiro atoms. The maximum Gasteiger partial charge on any atom is 0.201 e. The van der Waals surface area contributed by atoms with Crippen LogP contribution in [0.5, 0.6) is 0 Å². The van der Waals surface area contributed by atoms with Gasteiger partial charge in [-0.25, -0.2) is 4.98 Å². The number of nitrogens with zero attached hydrogens (tertiary/aromatic N) is 1. The third kappa shape index (κ3) is 2.54. The molecule has 5 heteroatoms. The Bertz CT molecular complexity index is 672. The van der Waals surface area contributed by atoms with E-state index in [-0.39, 0.29) is 6.04 Å². The van der Waals surface area contributed by atoms with Gasteiger partial charge in [-0.3, -0.25) is 0 Å². The van der Waals surface area contributed by atoms with E-state index in [0.717, 1.165) is 34.9 Å². The van der Waals surface area contributed by atoms with Gasteiger partial charge in [0.15, 0.2) is 0 Å². The summed E-state index contributed by atoms with van der Waals surface area (Å²) in [5.41, 5.74) is 8.31. The van der Waals surface area contributed by atoms with Crippen LogP contribution in [0.2, 0.25) is 0 Å². The Labute approximate surface area is 110 Å². The van der Waals surface area contributed by atoms with Crippen LogP contribution in [0.25, 0.3) is 11.0 Å². The summed E-state index contributed by atoms with van der Waals surface area (Å²) in [6.07, 6.45) is 2.50. The molecule has 0 aliphatic heterocycles. The van der Waals surface area contributed by atoms with Crippen molar-refractivity contribution in [1.29, 1.82) is 0 Å². The van der Waals surface area contributed by atoms with Gasteiger partial charge in [0.05, 0.1) is 17.3 Å². The first-order chi connectivity index (χ1) is 9.20. The molecule has 5 nitrogen and oxygen atoms in total. The Morgan fingerprint density at radius 3 is 3.11 bits per heavy atom. The lowest BCUT2D eigenvalue weighted by molar-refractivity contribution is 0.497. The van der Waals surface area contributed by atoms with Crippen molar-refractivity contribution in [2.24, 2.45) is 0 Å². The number of nitrogens with two attached hydrogens (primary N) is 1. The average Bonchev–Trinajstić information content (AvgIpc) is 2.97. The Morgan fingerprint density at radius 2 is 2.32 bits per heavy atom. The number of hydrogen-bond donors (Lipinski definition) is 3. The van der Waals surface area contributed by atoms with Crippen molar-refractivity contribution >= 4 is 22.7 Å². The van der Waals surface area contributed by atoms with Crippen molar-refractivity contribution in [3.8, 4) is 0 Å². The summed E-state index contributed by atoms with van der Waals surface area (Å²) in [5.74, 6) is 1.71. The van der Waals surface area contributed by atoms with Gasteiger partial charge in [-0.05, 0) is 37.3 Å². The number of nitrogen functional groups attached to an aromatic ring is 1. The molecule has 0 saturated carbocycles. The Hall–Kier alpha value is -2.43. The minimum atomic E-state index is 0.226. The van der Waals surface area contributed by atoms with Crippen LogP contribution in [0.1, 0.15) is 12.7 Å². The number of anilines is 2. The summed E-state index contributed by atoms with van der Waals surface area (Å²) >= 11 is 0. The number of aromatic amines is 1. The summed E-state index contributed by atoms with van der Waals surface area (Å²) in [5, 5.41) is 3.32. The van der Waals surface area contributed by atoms with E-state index >= 15 is 0 Å². The van der Waals surface area contributed by atoms with Crippen LogP contribution in [0, 0.1) is 0 Å². The maximum absolute atomic E-state index is 5.74. The van der Waals surface area contributed by atoms with E-state index < -0.39 is 0 Å². The number of fused-ring (bicyclic) bond motifs is 1. The predicted molar refractivity (Wildman–Crippen MR) is 76.0 cm³/mol. The van der Waals surface area contributed by atoms with Crippen molar-refractivity contribution in [1.82, 2.24) is 9.97 Å². The van der Waals surface area contributed by atoms with Crippen LogP contribution in [0.4, 0.5) is 11.6 Å². The molecule has 1 atom stereocenters. The highest BCUT2D eigenvalue weighted by atomic mass is 16.3. The minimum absolute atomic E-state index is 0.226. The number of aromatic nitrogens is 2. The fourth-order valence-corrected chi connectivity index (χ4v) is 2.11. The van der Waals surface area contributed by atoms with Crippen LogP contribution < -0.4 is 11.1 Å². The third-order valence-electron chi connectivity index (χ3n) is 2.98. The van der Waals surface area contributed by atoms with E-state index in [1.54, 1.807) is 6.26 Å². The molecule has 2 aromatic heterocycles. The molecule has 1 unspecified atom stereocenters. The van der Waals surface area contributed by atoms with Crippen molar-refractivity contribution in [2.75, 3.05) is 11.1 Å². The molecule has 98 valence electrons. The number of nitrogens with one attached hydrogen (secondary N) is 2. The molecule has 4 N–H and O–H groups in total. The van der Waals surface area contributed by atoms with E-state index in [2.05, 4.69) is 22.2 Å². The first-order valence-electron chi connectivity index (χ1n) is 6.25. The smallest absolute Gasteiger partial charge is 0.201 e. The van der Waals surface area contributed by atoms with E-state index in [1.165, 1.54) is 0 Å². The van der Waals surface area contributed by atoms with Crippen LogP contribution in [-0.4, -0.2) is 16.0 Å². The largest absolute Gasteiger partial charge is 0.469 e. The lowest BCUT2D eigenvalue weighted by Crippen LogP contribution is -2.18. The molecular weight excluding hydrogens is 240 g/mol. The molecule has 0 aliphatic rings. The molecule has 19 heavy (non-hydrogen) atoms. The molecular formula is C14H16N4O. The number of hydrogen-bond acceptors (Lipinski definition) is 4. The zero-order valence-electron chi connectivity index (χ0n) is 10.7. The van der Waals surface area contributed by atoms with Crippen LogP contribution >= 0.6 is 0 Å². The molecule has 0 fully saturated rings. The lowest BCUT2D eigenvalue weighted by Gasteiger charge is -2.10. The van der Waals surface area contributed by atoms with Gasteiger partial charge in [-0.15, -0.1) is 0 Å². The molecule has 2 heterocycles. The zero-order chi connectivity index (χ0) is 13.2. The van der Waals surface area contributed by atoms with Gasteiger partial charge in [-0.1, -0.05) is 0 Å². The van der Waals surface area contributed by atoms with E-state index in [4.69, 9.17) is 10.2 Å². The van der Waals surface area contributed by atoms with Gasteiger partial charge in [0.25, 0.3) is 0 Å². The highest BCUT2D eigenvalue weighted by Gasteiger charge is 2.08. The Kier molecular flexibility index (Phi) is 2.87. The molecule has 3 rings (SSSR count). The monoisotopic (exact) mass is 256 g/mol. The maximum atomic E-state index is 5.74. The van der Waals surface area contributed by atoms with E-state index in [0.29, 0.717) is 0 Å². The topological polar surface area (TPSA) is 79.9 Å². The molecule has 3 aromatic rings. The van der Waals surface area contributed by atoms with Crippen LogP contribution in [0.15, 0.2) is 41.0 Å². The molecule has 0 aliphatic carbocycles. The van der Waals surface area contributed by atoms with Crippen LogP contribution in [-0.2, 0) is 6.42 Å². The van der Waals surface area contributed by atoms with Gasteiger partial charge in [0, 0.05) is 18.2 Å².